The van der Waals surface area contributed by atoms with E-state index in [1.165, 1.54) is 12.1 Å². The van der Waals surface area contributed by atoms with Gasteiger partial charge in [-0.05, 0) is 54.1 Å². The van der Waals surface area contributed by atoms with Crippen molar-refractivity contribution in [3.8, 4) is 34.4 Å². The quantitative estimate of drug-likeness (QED) is 0.285. The van der Waals surface area contributed by atoms with Gasteiger partial charge >= 0.3 is 5.97 Å². The minimum atomic E-state index is -1.27. The number of nitrogens with zero attached hydrogens (tertiary/aromatic N) is 2. The highest BCUT2D eigenvalue weighted by Gasteiger charge is 2.20. The Morgan fingerprint density at radius 3 is 2.27 bits per heavy atom. The van der Waals surface area contributed by atoms with Crippen molar-refractivity contribution in [3.63, 3.8) is 0 Å². The van der Waals surface area contributed by atoms with Gasteiger partial charge < -0.3 is 24.8 Å². The Hall–Kier alpha value is -4.50. The second-order valence-electron chi connectivity index (χ2n) is 8.41. The molecule has 1 heterocycles. The van der Waals surface area contributed by atoms with Gasteiger partial charge in [0.1, 0.15) is 17.1 Å². The summed E-state index contributed by atoms with van der Waals surface area (Å²) in [7, 11) is 5.38. The van der Waals surface area contributed by atoms with E-state index in [4.69, 9.17) is 9.47 Å². The van der Waals surface area contributed by atoms with Crippen LogP contribution < -0.4 is 19.7 Å². The summed E-state index contributed by atoms with van der Waals surface area (Å²) >= 11 is 0. The highest BCUT2D eigenvalue weighted by atomic mass is 19.1. The lowest BCUT2D eigenvalue weighted by atomic mass is 10.0. The molecule has 0 unspecified atom stereocenters. The summed E-state index contributed by atoms with van der Waals surface area (Å²) in [5.41, 5.74) is 3.29. The fourth-order valence-corrected chi connectivity index (χ4v) is 3.65. The van der Waals surface area contributed by atoms with Gasteiger partial charge in [-0.3, -0.25) is 0 Å². The van der Waals surface area contributed by atoms with E-state index in [1.54, 1.807) is 43.3 Å². The Kier molecular flexibility index (Phi) is 7.64. The first kappa shape index (κ1) is 25.6. The molecule has 0 saturated carbocycles. The maximum Gasteiger partial charge on any atom is 0.339 e. The maximum atomic E-state index is 14.6. The molecule has 7 nitrogen and oxygen atoms in total. The van der Waals surface area contributed by atoms with E-state index in [2.05, 4.69) is 10.3 Å². The van der Waals surface area contributed by atoms with E-state index < -0.39 is 29.4 Å². The summed E-state index contributed by atoms with van der Waals surface area (Å²) in [5.74, 6) is -4.41. The molecule has 0 bridgehead atoms. The van der Waals surface area contributed by atoms with Gasteiger partial charge in [-0.2, -0.15) is 4.98 Å². The predicted octanol–water partition coefficient (Wildman–Crippen LogP) is 6.10. The minimum Gasteiger partial charge on any atom is -0.478 e. The van der Waals surface area contributed by atoms with Crippen molar-refractivity contribution >= 4 is 11.7 Å². The Bertz CT molecular complexity index is 1440. The van der Waals surface area contributed by atoms with E-state index in [-0.39, 0.29) is 17.1 Å². The average Bonchev–Trinajstić information content (AvgIpc) is 2.87. The van der Waals surface area contributed by atoms with Gasteiger partial charge in [0.25, 0.3) is 11.8 Å². The molecule has 0 atom stereocenters. The summed E-state index contributed by atoms with van der Waals surface area (Å²) < 4.78 is 40.4. The average molecular weight is 506 g/mol. The summed E-state index contributed by atoms with van der Waals surface area (Å²) in [6.45, 7) is 0.707. The Morgan fingerprint density at radius 2 is 1.59 bits per heavy atom. The van der Waals surface area contributed by atoms with Crippen LogP contribution in [0, 0.1) is 11.6 Å². The lowest BCUT2D eigenvalue weighted by Gasteiger charge is -2.16. The van der Waals surface area contributed by atoms with Gasteiger partial charge in [-0.1, -0.05) is 30.3 Å². The molecule has 4 aromatic rings. The third kappa shape index (κ3) is 6.02. The maximum absolute atomic E-state index is 14.6. The first-order valence-electron chi connectivity index (χ1n) is 11.4. The zero-order valence-corrected chi connectivity index (χ0v) is 20.5. The number of carboxylic acid groups (broad SMARTS) is 1. The predicted molar refractivity (Wildman–Crippen MR) is 137 cm³/mol. The molecular formula is C28H25F2N3O4. The number of hydrogen-bond donors (Lipinski definition) is 2. The van der Waals surface area contributed by atoms with Crippen molar-refractivity contribution in [2.45, 2.75) is 6.54 Å². The highest BCUT2D eigenvalue weighted by Crippen LogP contribution is 2.34. The van der Waals surface area contributed by atoms with Gasteiger partial charge in [0.15, 0.2) is 11.6 Å². The molecule has 9 heteroatoms. The third-order valence-electron chi connectivity index (χ3n) is 5.47. The molecule has 3 aromatic carbocycles. The molecule has 0 saturated heterocycles. The number of aromatic nitrogens is 1. The number of rotatable bonds is 9. The lowest BCUT2D eigenvalue weighted by Crippen LogP contribution is -2.10. The largest absolute Gasteiger partial charge is 0.478 e. The highest BCUT2D eigenvalue weighted by molar-refractivity contribution is 5.91. The smallest absolute Gasteiger partial charge is 0.339 e. The second kappa shape index (κ2) is 11.0. The fraction of sp³-hybridized carbons (Fsp3) is 0.143. The van der Waals surface area contributed by atoms with Gasteiger partial charge in [-0.15, -0.1) is 0 Å². The molecule has 0 aliphatic carbocycles. The van der Waals surface area contributed by atoms with Crippen molar-refractivity contribution in [3.05, 3.63) is 95.6 Å². The number of hydrogen-bond acceptors (Lipinski definition) is 6. The molecule has 0 aliphatic heterocycles. The van der Waals surface area contributed by atoms with E-state index in [1.807, 2.05) is 37.4 Å². The number of aromatic carboxylic acids is 1. The molecule has 0 radical (unpaired) electrons. The number of halogens is 2. The van der Waals surface area contributed by atoms with Gasteiger partial charge in [-0.25, -0.2) is 13.6 Å². The SMILES string of the molecule is CNCc1cccc(-c2cccc(Oc3nc(Oc4cc(N(C)C)ccc4C(=O)O)c(F)cc3F)c2)c1. The number of carbonyl (C=O) groups is 1. The van der Waals surface area contributed by atoms with Gasteiger partial charge in [0.2, 0.25) is 0 Å². The number of nitrogens with one attached hydrogen (secondary N) is 1. The van der Waals surface area contributed by atoms with E-state index in [0.29, 0.717) is 18.3 Å². The van der Waals surface area contributed by atoms with E-state index in [9.17, 15) is 18.7 Å². The molecule has 0 amide bonds. The normalized spacial score (nSPS) is 10.7. The summed E-state index contributed by atoms with van der Waals surface area (Å²) in [5, 5.41) is 12.6. The van der Waals surface area contributed by atoms with Crippen LogP contribution in [0.4, 0.5) is 14.5 Å². The van der Waals surface area contributed by atoms with Crippen LogP contribution in [0.1, 0.15) is 15.9 Å². The molecule has 0 aliphatic rings. The topological polar surface area (TPSA) is 83.9 Å². The lowest BCUT2D eigenvalue weighted by molar-refractivity contribution is 0.0694. The zero-order chi connectivity index (χ0) is 26.5. The van der Waals surface area contributed by atoms with Crippen molar-refractivity contribution in [2.24, 2.45) is 0 Å². The van der Waals surface area contributed by atoms with Crippen molar-refractivity contribution in [1.29, 1.82) is 0 Å². The van der Waals surface area contributed by atoms with Crippen molar-refractivity contribution in [2.75, 3.05) is 26.0 Å². The van der Waals surface area contributed by atoms with Crippen LogP contribution in [-0.4, -0.2) is 37.2 Å². The number of ether oxygens (including phenoxy) is 2. The standard InChI is InChI=1S/C28H25F2N3O4/c1-31-16-17-6-4-7-18(12-17)19-8-5-9-21(13-19)36-26-23(29)15-24(30)27(32-26)37-25-14-20(33(2)3)10-11-22(25)28(34)35/h4-15,31H,16H2,1-3H3,(H,34,35). The van der Waals surface area contributed by atoms with Gasteiger partial charge in [0.05, 0.1) is 0 Å². The number of carboxylic acids is 1. The Labute approximate surface area is 212 Å². The fourth-order valence-electron chi connectivity index (χ4n) is 3.65. The molecular weight excluding hydrogens is 480 g/mol. The van der Waals surface area contributed by atoms with Crippen LogP contribution in [0.15, 0.2) is 72.8 Å². The van der Waals surface area contributed by atoms with Crippen LogP contribution >= 0.6 is 0 Å². The van der Waals surface area contributed by atoms with E-state index in [0.717, 1.165) is 16.7 Å². The molecule has 0 spiro atoms. The zero-order valence-electron chi connectivity index (χ0n) is 20.5. The second-order valence-corrected chi connectivity index (χ2v) is 8.41. The van der Waals surface area contributed by atoms with E-state index >= 15 is 0 Å². The van der Waals surface area contributed by atoms with Crippen molar-refractivity contribution < 1.29 is 28.2 Å². The summed E-state index contributed by atoms with van der Waals surface area (Å²) in [6, 6.07) is 19.8. The molecule has 1 aromatic heterocycles. The van der Waals surface area contributed by atoms with Crippen LogP contribution in [-0.2, 0) is 6.54 Å². The van der Waals surface area contributed by atoms with Gasteiger partial charge in [0, 0.05) is 38.5 Å². The number of pyridine rings is 1. The van der Waals surface area contributed by atoms with Crippen LogP contribution in [0.3, 0.4) is 0 Å². The summed E-state index contributed by atoms with van der Waals surface area (Å²) in [6.07, 6.45) is 0. The first-order valence-corrected chi connectivity index (χ1v) is 11.4. The Balaban J connectivity index is 1.65. The summed E-state index contributed by atoms with van der Waals surface area (Å²) in [4.78, 5) is 17.2. The first-order chi connectivity index (χ1) is 17.7. The third-order valence-corrected chi connectivity index (χ3v) is 5.47. The molecule has 0 fully saturated rings. The molecule has 2 N–H and O–H groups in total. The minimum absolute atomic E-state index is 0.147. The van der Waals surface area contributed by atoms with Crippen molar-refractivity contribution in [1.82, 2.24) is 10.3 Å². The molecule has 4 rings (SSSR count). The number of anilines is 1. The number of benzene rings is 3. The molecule has 37 heavy (non-hydrogen) atoms. The Morgan fingerprint density at radius 1 is 0.919 bits per heavy atom. The monoisotopic (exact) mass is 505 g/mol. The van der Waals surface area contributed by atoms with Crippen LogP contribution in [0.25, 0.3) is 11.1 Å². The molecule has 190 valence electrons. The van der Waals surface area contributed by atoms with Crippen LogP contribution in [0.2, 0.25) is 0 Å². The van der Waals surface area contributed by atoms with Crippen LogP contribution in [0.5, 0.6) is 23.3 Å².